The summed E-state index contributed by atoms with van der Waals surface area (Å²) in [6, 6.07) is 11.0. The summed E-state index contributed by atoms with van der Waals surface area (Å²) in [5.41, 5.74) is -0.251. The van der Waals surface area contributed by atoms with E-state index in [-0.39, 0.29) is 23.7 Å². The Morgan fingerprint density at radius 1 is 1.00 bits per heavy atom. The second kappa shape index (κ2) is 6.78. The van der Waals surface area contributed by atoms with Gasteiger partial charge in [-0.1, -0.05) is 18.2 Å². The van der Waals surface area contributed by atoms with Gasteiger partial charge >= 0.3 is 6.18 Å². The lowest BCUT2D eigenvalue weighted by atomic mass is 10.2. The summed E-state index contributed by atoms with van der Waals surface area (Å²) < 4.78 is 67.1. The Kier molecular flexibility index (Phi) is 4.67. The molecular formula is C18H14F5N3. The fourth-order valence-corrected chi connectivity index (χ4v) is 2.48. The zero-order valence-electron chi connectivity index (χ0n) is 13.6. The maximum absolute atomic E-state index is 14.4. The highest BCUT2D eigenvalue weighted by molar-refractivity contribution is 5.50. The van der Waals surface area contributed by atoms with Gasteiger partial charge in [0.2, 0.25) is 0 Å². The van der Waals surface area contributed by atoms with Gasteiger partial charge in [0, 0.05) is 23.5 Å². The maximum atomic E-state index is 14.4. The van der Waals surface area contributed by atoms with Crippen molar-refractivity contribution in [3.8, 4) is 5.69 Å². The number of aromatic nitrogens is 2. The second-order valence-corrected chi connectivity index (χ2v) is 5.69. The molecule has 0 atom stereocenters. The molecule has 0 aliphatic rings. The number of aryl methyl sites for hydroxylation is 1. The molecule has 2 aromatic carbocycles. The standard InChI is InChI=1S/C18H14F5N3/c1-11-8-17(18(21,22)23)25-26(11)16-7-6-13(9-15(16)20)24-10-12-4-2-3-5-14(12)19/h2-9,24H,10H2,1H3. The van der Waals surface area contributed by atoms with Gasteiger partial charge < -0.3 is 5.32 Å². The van der Waals surface area contributed by atoms with E-state index in [1.165, 1.54) is 25.1 Å². The molecule has 1 heterocycles. The van der Waals surface area contributed by atoms with Crippen LogP contribution in [0.2, 0.25) is 0 Å². The number of benzene rings is 2. The van der Waals surface area contributed by atoms with Crippen LogP contribution < -0.4 is 5.32 Å². The Morgan fingerprint density at radius 2 is 1.73 bits per heavy atom. The molecule has 1 N–H and O–H groups in total. The Hall–Kier alpha value is -2.90. The zero-order valence-corrected chi connectivity index (χ0v) is 13.6. The summed E-state index contributed by atoms with van der Waals surface area (Å²) in [4.78, 5) is 0. The van der Waals surface area contributed by atoms with Gasteiger partial charge in [-0.25, -0.2) is 13.5 Å². The third-order valence-electron chi connectivity index (χ3n) is 3.79. The predicted octanol–water partition coefficient (Wildman–Crippen LogP) is 5.09. The topological polar surface area (TPSA) is 29.9 Å². The summed E-state index contributed by atoms with van der Waals surface area (Å²) in [5, 5.41) is 6.30. The van der Waals surface area contributed by atoms with Crippen LogP contribution >= 0.6 is 0 Å². The highest BCUT2D eigenvalue weighted by Gasteiger charge is 2.34. The lowest BCUT2D eigenvalue weighted by molar-refractivity contribution is -0.141. The van der Waals surface area contributed by atoms with Gasteiger partial charge in [0.25, 0.3) is 0 Å². The molecule has 3 rings (SSSR count). The normalized spacial score (nSPS) is 11.6. The van der Waals surface area contributed by atoms with Gasteiger partial charge in [0.15, 0.2) is 11.5 Å². The van der Waals surface area contributed by atoms with E-state index < -0.39 is 17.7 Å². The van der Waals surface area contributed by atoms with Crippen molar-refractivity contribution in [2.24, 2.45) is 0 Å². The van der Waals surface area contributed by atoms with Crippen LogP contribution in [0, 0.1) is 18.6 Å². The van der Waals surface area contributed by atoms with Crippen molar-refractivity contribution in [3.05, 3.63) is 77.1 Å². The maximum Gasteiger partial charge on any atom is 0.435 e. The second-order valence-electron chi connectivity index (χ2n) is 5.69. The number of hydrogen-bond donors (Lipinski definition) is 1. The van der Waals surface area contributed by atoms with E-state index in [0.29, 0.717) is 11.3 Å². The molecule has 1 aromatic heterocycles. The molecule has 0 amide bonds. The first-order valence-electron chi connectivity index (χ1n) is 7.67. The van der Waals surface area contributed by atoms with Crippen molar-refractivity contribution < 1.29 is 22.0 Å². The van der Waals surface area contributed by atoms with Crippen molar-refractivity contribution in [2.45, 2.75) is 19.6 Å². The van der Waals surface area contributed by atoms with Crippen LogP contribution in [0.3, 0.4) is 0 Å². The van der Waals surface area contributed by atoms with E-state index in [0.717, 1.165) is 16.8 Å². The highest BCUT2D eigenvalue weighted by atomic mass is 19.4. The molecule has 26 heavy (non-hydrogen) atoms. The molecule has 0 saturated heterocycles. The summed E-state index contributed by atoms with van der Waals surface area (Å²) in [6.45, 7) is 1.55. The lowest BCUT2D eigenvalue weighted by Crippen LogP contribution is -2.08. The third-order valence-corrected chi connectivity index (χ3v) is 3.79. The molecule has 0 fully saturated rings. The van der Waals surface area contributed by atoms with Gasteiger partial charge in [-0.05, 0) is 37.3 Å². The first-order chi connectivity index (χ1) is 12.3. The van der Waals surface area contributed by atoms with Crippen molar-refractivity contribution in [1.82, 2.24) is 9.78 Å². The summed E-state index contributed by atoms with van der Waals surface area (Å²) in [5.74, 6) is -1.13. The Labute approximate surface area is 146 Å². The van der Waals surface area contributed by atoms with E-state index in [9.17, 15) is 22.0 Å². The number of alkyl halides is 3. The average Bonchev–Trinajstić information content (AvgIpc) is 2.96. The van der Waals surface area contributed by atoms with Crippen LogP contribution in [-0.4, -0.2) is 9.78 Å². The van der Waals surface area contributed by atoms with Crippen molar-refractivity contribution in [2.75, 3.05) is 5.32 Å². The zero-order chi connectivity index (χ0) is 18.9. The molecule has 3 aromatic rings. The van der Waals surface area contributed by atoms with Gasteiger partial charge in [-0.2, -0.15) is 18.3 Å². The Morgan fingerprint density at radius 3 is 2.35 bits per heavy atom. The molecule has 0 aliphatic heterocycles. The first kappa shape index (κ1) is 17.9. The quantitative estimate of drug-likeness (QED) is 0.651. The lowest BCUT2D eigenvalue weighted by Gasteiger charge is -2.11. The summed E-state index contributed by atoms with van der Waals surface area (Å²) in [7, 11) is 0. The SMILES string of the molecule is Cc1cc(C(F)(F)F)nn1-c1ccc(NCc2ccccc2F)cc1F. The number of anilines is 1. The van der Waals surface area contributed by atoms with Crippen molar-refractivity contribution in [1.29, 1.82) is 0 Å². The third kappa shape index (κ3) is 3.68. The van der Waals surface area contributed by atoms with Gasteiger partial charge in [-0.15, -0.1) is 0 Å². The number of nitrogens with one attached hydrogen (secondary N) is 1. The molecule has 0 bridgehead atoms. The fourth-order valence-electron chi connectivity index (χ4n) is 2.48. The molecule has 136 valence electrons. The number of hydrogen-bond acceptors (Lipinski definition) is 2. The summed E-state index contributed by atoms with van der Waals surface area (Å²) >= 11 is 0. The Bertz CT molecular complexity index is 931. The van der Waals surface area contributed by atoms with Gasteiger partial charge in [0.05, 0.1) is 0 Å². The minimum Gasteiger partial charge on any atom is -0.381 e. The van der Waals surface area contributed by atoms with E-state index >= 15 is 0 Å². The van der Waals surface area contributed by atoms with E-state index in [1.54, 1.807) is 18.2 Å². The number of halogens is 5. The van der Waals surface area contributed by atoms with Crippen LogP contribution in [0.25, 0.3) is 5.69 Å². The average molecular weight is 367 g/mol. The van der Waals surface area contributed by atoms with Crippen LogP contribution in [0.15, 0.2) is 48.5 Å². The Balaban J connectivity index is 1.82. The van der Waals surface area contributed by atoms with E-state index in [4.69, 9.17) is 0 Å². The van der Waals surface area contributed by atoms with E-state index in [2.05, 4.69) is 10.4 Å². The monoisotopic (exact) mass is 367 g/mol. The number of nitrogens with zero attached hydrogens (tertiary/aromatic N) is 2. The smallest absolute Gasteiger partial charge is 0.381 e. The van der Waals surface area contributed by atoms with Crippen LogP contribution in [0.1, 0.15) is 17.0 Å². The molecule has 0 aliphatic carbocycles. The minimum atomic E-state index is -4.60. The summed E-state index contributed by atoms with van der Waals surface area (Å²) in [6.07, 6.45) is -4.60. The molecule has 0 unspecified atom stereocenters. The first-order valence-corrected chi connectivity index (χ1v) is 7.67. The molecular weight excluding hydrogens is 353 g/mol. The highest BCUT2D eigenvalue weighted by Crippen LogP contribution is 2.30. The van der Waals surface area contributed by atoms with Crippen molar-refractivity contribution in [3.63, 3.8) is 0 Å². The molecule has 3 nitrogen and oxygen atoms in total. The molecule has 8 heteroatoms. The van der Waals surface area contributed by atoms with Crippen LogP contribution in [0.4, 0.5) is 27.6 Å². The minimum absolute atomic E-state index is 0.102. The van der Waals surface area contributed by atoms with Crippen LogP contribution in [0.5, 0.6) is 0 Å². The van der Waals surface area contributed by atoms with Gasteiger partial charge in [-0.3, -0.25) is 0 Å². The number of rotatable bonds is 4. The van der Waals surface area contributed by atoms with Crippen LogP contribution in [-0.2, 0) is 12.7 Å². The molecule has 0 radical (unpaired) electrons. The molecule has 0 spiro atoms. The van der Waals surface area contributed by atoms with Crippen molar-refractivity contribution >= 4 is 5.69 Å². The van der Waals surface area contributed by atoms with Gasteiger partial charge in [0.1, 0.15) is 11.5 Å². The van der Waals surface area contributed by atoms with E-state index in [1.807, 2.05) is 0 Å². The fraction of sp³-hybridized carbons (Fsp3) is 0.167. The molecule has 0 saturated carbocycles. The predicted molar refractivity (Wildman–Crippen MR) is 87.0 cm³/mol. The largest absolute Gasteiger partial charge is 0.435 e.